The molecule has 0 saturated heterocycles. The van der Waals surface area contributed by atoms with E-state index in [2.05, 4.69) is 218 Å². The summed E-state index contributed by atoms with van der Waals surface area (Å²) in [7, 11) is 0. The van der Waals surface area contributed by atoms with Crippen LogP contribution in [-0.2, 0) is 5.41 Å². The topological polar surface area (TPSA) is 16.1 Å². The van der Waals surface area contributed by atoms with Crippen LogP contribution in [0.15, 0.2) is 207 Å². The molecule has 12 rings (SSSR count). The molecule has 2 heteroatoms. The maximum Gasteiger partial charge on any atom is 0.0492 e. The van der Waals surface area contributed by atoms with Crippen LogP contribution in [0.4, 0.5) is 17.1 Å². The molecular formula is C58H40N2. The zero-order chi connectivity index (χ0) is 40.0. The lowest BCUT2D eigenvalue weighted by Gasteiger charge is -2.28. The zero-order valence-corrected chi connectivity index (χ0v) is 33.5. The van der Waals surface area contributed by atoms with E-state index in [0.717, 1.165) is 17.1 Å². The van der Waals surface area contributed by atoms with Crippen molar-refractivity contribution >= 4 is 38.6 Å². The molecule has 0 spiro atoms. The first-order chi connectivity index (χ1) is 29.6. The second-order valence-corrected chi connectivity index (χ2v) is 16.7. The van der Waals surface area contributed by atoms with Crippen LogP contribution in [0.25, 0.3) is 88.3 Å². The molecule has 0 saturated carbocycles. The van der Waals surface area contributed by atoms with Gasteiger partial charge in [-0.2, -0.15) is 0 Å². The highest BCUT2D eigenvalue weighted by atomic mass is 15.1. The summed E-state index contributed by atoms with van der Waals surface area (Å²) < 4.78 is 0. The number of hydrogen-bond acceptors (Lipinski definition) is 2. The first kappa shape index (κ1) is 34.5. The Morgan fingerprint density at radius 3 is 1.53 bits per heavy atom. The van der Waals surface area contributed by atoms with Gasteiger partial charge in [0.15, 0.2) is 0 Å². The van der Waals surface area contributed by atoms with Crippen LogP contribution in [0.1, 0.15) is 25.0 Å². The highest BCUT2D eigenvalue weighted by molar-refractivity contribution is 6.28. The molecule has 2 aliphatic carbocycles. The fourth-order valence-electron chi connectivity index (χ4n) is 10.4. The predicted octanol–water partition coefficient (Wildman–Crippen LogP) is 15.8. The molecule has 2 aliphatic rings. The summed E-state index contributed by atoms with van der Waals surface area (Å²) in [5.74, 6) is 0. The minimum absolute atomic E-state index is 0.0957. The van der Waals surface area contributed by atoms with Gasteiger partial charge >= 0.3 is 0 Å². The molecule has 1 heterocycles. The molecule has 0 fully saturated rings. The third-order valence-corrected chi connectivity index (χ3v) is 13.1. The number of pyridine rings is 1. The Balaban J connectivity index is 1.02. The number of fused-ring (bicyclic) bond motifs is 7. The van der Waals surface area contributed by atoms with Crippen molar-refractivity contribution in [1.82, 2.24) is 4.98 Å². The predicted molar refractivity (Wildman–Crippen MR) is 252 cm³/mol. The Labute approximate surface area is 350 Å². The third-order valence-electron chi connectivity index (χ3n) is 13.1. The highest BCUT2D eigenvalue weighted by Crippen LogP contribution is 2.58. The monoisotopic (exact) mass is 764 g/mol. The number of anilines is 3. The molecule has 10 aromatic rings. The first-order valence-corrected chi connectivity index (χ1v) is 20.9. The number of rotatable bonds is 6. The van der Waals surface area contributed by atoms with E-state index >= 15 is 0 Å². The van der Waals surface area contributed by atoms with Crippen LogP contribution in [0.5, 0.6) is 0 Å². The third kappa shape index (κ3) is 5.04. The van der Waals surface area contributed by atoms with Crippen molar-refractivity contribution in [2.45, 2.75) is 19.3 Å². The van der Waals surface area contributed by atoms with Gasteiger partial charge in [0.2, 0.25) is 0 Å². The van der Waals surface area contributed by atoms with Gasteiger partial charge in [-0.3, -0.25) is 4.98 Å². The first-order valence-electron chi connectivity index (χ1n) is 20.9. The Bertz CT molecular complexity index is 3220. The molecule has 0 N–H and O–H groups in total. The van der Waals surface area contributed by atoms with Gasteiger partial charge in [0.25, 0.3) is 0 Å². The molecule has 9 aromatic carbocycles. The highest BCUT2D eigenvalue weighted by Gasteiger charge is 2.36. The number of nitrogens with zero attached hydrogens (tertiary/aromatic N) is 2. The zero-order valence-electron chi connectivity index (χ0n) is 33.5. The lowest BCUT2D eigenvalue weighted by atomic mass is 9.82. The summed E-state index contributed by atoms with van der Waals surface area (Å²) in [4.78, 5) is 6.73. The Morgan fingerprint density at radius 1 is 0.350 bits per heavy atom. The molecule has 282 valence electrons. The Morgan fingerprint density at radius 2 is 0.850 bits per heavy atom. The van der Waals surface area contributed by atoms with Gasteiger partial charge in [0, 0.05) is 34.9 Å². The van der Waals surface area contributed by atoms with Crippen molar-refractivity contribution < 1.29 is 0 Å². The molecule has 0 aliphatic heterocycles. The Hall–Kier alpha value is -7.55. The van der Waals surface area contributed by atoms with Crippen molar-refractivity contribution in [2.24, 2.45) is 0 Å². The molecule has 0 bridgehead atoms. The van der Waals surface area contributed by atoms with E-state index in [1.165, 1.54) is 99.4 Å². The van der Waals surface area contributed by atoms with Crippen molar-refractivity contribution in [3.63, 3.8) is 0 Å². The van der Waals surface area contributed by atoms with Crippen molar-refractivity contribution in [3.8, 4) is 66.8 Å². The van der Waals surface area contributed by atoms with Crippen molar-refractivity contribution in [1.29, 1.82) is 0 Å². The van der Waals surface area contributed by atoms with E-state index < -0.39 is 0 Å². The second-order valence-electron chi connectivity index (χ2n) is 16.7. The van der Waals surface area contributed by atoms with Crippen LogP contribution >= 0.6 is 0 Å². The number of benzene rings is 9. The molecule has 1 aromatic heterocycles. The van der Waals surface area contributed by atoms with Crippen LogP contribution in [0.3, 0.4) is 0 Å². The average molecular weight is 765 g/mol. The second kappa shape index (κ2) is 13.2. The average Bonchev–Trinajstić information content (AvgIpc) is 3.75. The lowest BCUT2D eigenvalue weighted by molar-refractivity contribution is 0.660. The lowest BCUT2D eigenvalue weighted by Crippen LogP contribution is -2.16. The summed E-state index contributed by atoms with van der Waals surface area (Å²) in [6.45, 7) is 4.69. The molecule has 0 radical (unpaired) electrons. The quantitative estimate of drug-likeness (QED) is 0.168. The normalized spacial score (nSPS) is 13.0. The van der Waals surface area contributed by atoms with Gasteiger partial charge in [-0.05, 0) is 136 Å². The van der Waals surface area contributed by atoms with Gasteiger partial charge < -0.3 is 4.90 Å². The standard InChI is InChI=1S/C58H40N2/c1-58(2)51-23-12-11-18-44(51)45-29-28-42(36-52(45)58)60(41-32-34-59-35-33-41)40-26-24-37(25-27-40)43-30-31-50-55-46(43)21-13-22-49(55)56-53(38-14-5-3-6-15-38)47-19-9-10-20-48(47)54(57(50)56)39-16-7-4-8-17-39/h3-36H,1-2H3. The van der Waals surface area contributed by atoms with Gasteiger partial charge in [-0.15, -0.1) is 0 Å². The maximum absolute atomic E-state index is 4.37. The van der Waals surface area contributed by atoms with Gasteiger partial charge in [0.1, 0.15) is 0 Å². The molecule has 2 nitrogen and oxygen atoms in total. The van der Waals surface area contributed by atoms with Crippen molar-refractivity contribution in [3.05, 3.63) is 218 Å². The van der Waals surface area contributed by atoms with Gasteiger partial charge in [0.05, 0.1) is 0 Å². The molecule has 60 heavy (non-hydrogen) atoms. The van der Waals surface area contributed by atoms with E-state index in [4.69, 9.17) is 0 Å². The number of hydrogen-bond donors (Lipinski definition) is 0. The summed E-state index contributed by atoms with van der Waals surface area (Å²) in [5, 5.41) is 5.13. The van der Waals surface area contributed by atoms with Crippen LogP contribution < -0.4 is 4.90 Å². The van der Waals surface area contributed by atoms with Gasteiger partial charge in [-0.1, -0.05) is 172 Å². The molecule has 0 unspecified atom stereocenters. The summed E-state index contributed by atoms with van der Waals surface area (Å²) >= 11 is 0. The maximum atomic E-state index is 4.37. The fraction of sp³-hybridized carbons (Fsp3) is 0.0517. The van der Waals surface area contributed by atoms with E-state index in [0.29, 0.717) is 0 Å². The minimum Gasteiger partial charge on any atom is -0.310 e. The van der Waals surface area contributed by atoms with E-state index in [1.54, 1.807) is 0 Å². The largest absolute Gasteiger partial charge is 0.310 e. The SMILES string of the molecule is CC1(C)c2ccccc2-c2ccc(N(c3ccncc3)c3ccc(-c4ccc5c6c(cccc46)-c4c-5c(-c5ccccc5)c5ccccc5c4-c4ccccc4)cc3)cc21. The van der Waals surface area contributed by atoms with Gasteiger partial charge in [-0.25, -0.2) is 0 Å². The summed E-state index contributed by atoms with van der Waals surface area (Å²) in [6, 6.07) is 71.6. The summed E-state index contributed by atoms with van der Waals surface area (Å²) in [6.07, 6.45) is 3.76. The fourth-order valence-corrected chi connectivity index (χ4v) is 10.4. The number of aromatic nitrogens is 1. The smallest absolute Gasteiger partial charge is 0.0492 e. The minimum atomic E-state index is -0.0957. The van der Waals surface area contributed by atoms with Crippen LogP contribution in [0.2, 0.25) is 0 Å². The Kier molecular flexibility index (Phi) is 7.61. The van der Waals surface area contributed by atoms with Crippen LogP contribution in [-0.4, -0.2) is 4.98 Å². The van der Waals surface area contributed by atoms with Crippen molar-refractivity contribution in [2.75, 3.05) is 4.90 Å². The molecular weight excluding hydrogens is 725 g/mol. The van der Waals surface area contributed by atoms with E-state index in [1.807, 2.05) is 12.4 Å². The summed E-state index contributed by atoms with van der Waals surface area (Å²) in [5.41, 5.74) is 21.3. The van der Waals surface area contributed by atoms with E-state index in [-0.39, 0.29) is 5.41 Å². The van der Waals surface area contributed by atoms with E-state index in [9.17, 15) is 0 Å². The molecule has 0 atom stereocenters. The molecule has 0 amide bonds. The van der Waals surface area contributed by atoms with Crippen LogP contribution in [0, 0.1) is 0 Å².